The number of benzene rings is 2. The molecule has 21 heavy (non-hydrogen) atoms. The first-order valence-electron chi connectivity index (χ1n) is 6.91. The van der Waals surface area contributed by atoms with Crippen molar-refractivity contribution >= 4 is 28.9 Å². The monoisotopic (exact) mass is 323 g/mol. The average Bonchev–Trinajstić information content (AvgIpc) is 2.49. The normalized spacial score (nSPS) is 12.0. The van der Waals surface area contributed by atoms with E-state index in [1.54, 1.807) is 7.11 Å². The maximum atomic E-state index is 6.11. The number of ether oxygens (including phenoxy) is 1. The van der Waals surface area contributed by atoms with E-state index >= 15 is 0 Å². The van der Waals surface area contributed by atoms with Gasteiger partial charge in [0.2, 0.25) is 0 Å². The molecule has 0 radical (unpaired) electrons. The third-order valence-corrected chi connectivity index (χ3v) is 4.26. The highest BCUT2D eigenvalue weighted by molar-refractivity contribution is 6.42. The minimum atomic E-state index is 0.187. The molecule has 0 heterocycles. The highest BCUT2D eigenvalue weighted by Gasteiger charge is 2.12. The first-order valence-corrected chi connectivity index (χ1v) is 7.67. The van der Waals surface area contributed by atoms with Gasteiger partial charge in [0.1, 0.15) is 5.75 Å². The van der Waals surface area contributed by atoms with Gasteiger partial charge in [-0.25, -0.2) is 0 Å². The highest BCUT2D eigenvalue weighted by Crippen LogP contribution is 2.30. The summed E-state index contributed by atoms with van der Waals surface area (Å²) < 4.78 is 5.23. The Bertz CT molecular complexity index is 628. The van der Waals surface area contributed by atoms with Gasteiger partial charge >= 0.3 is 0 Å². The van der Waals surface area contributed by atoms with Crippen molar-refractivity contribution in [2.24, 2.45) is 0 Å². The van der Waals surface area contributed by atoms with Crippen LogP contribution in [0.3, 0.4) is 0 Å². The summed E-state index contributed by atoms with van der Waals surface area (Å²) >= 11 is 12.1. The van der Waals surface area contributed by atoms with Gasteiger partial charge < -0.3 is 10.1 Å². The van der Waals surface area contributed by atoms with E-state index in [0.29, 0.717) is 10.0 Å². The van der Waals surface area contributed by atoms with Crippen molar-refractivity contribution in [3.63, 3.8) is 0 Å². The van der Waals surface area contributed by atoms with Crippen molar-refractivity contribution in [2.45, 2.75) is 26.3 Å². The molecule has 0 aliphatic heterocycles. The maximum Gasteiger partial charge on any atom is 0.119 e. The Kier molecular flexibility index (Phi) is 5.38. The Morgan fingerprint density at radius 1 is 1.10 bits per heavy atom. The molecule has 0 saturated heterocycles. The molecule has 1 N–H and O–H groups in total. The van der Waals surface area contributed by atoms with E-state index in [9.17, 15) is 0 Å². The molecule has 0 aliphatic rings. The third kappa shape index (κ3) is 3.84. The van der Waals surface area contributed by atoms with Gasteiger partial charge in [-0.1, -0.05) is 36.2 Å². The second kappa shape index (κ2) is 7.06. The Hall–Kier alpha value is -1.38. The molecule has 1 atom stereocenters. The number of halogens is 2. The largest absolute Gasteiger partial charge is 0.497 e. The van der Waals surface area contributed by atoms with Crippen LogP contribution in [0.15, 0.2) is 36.4 Å². The number of hydrogen-bond acceptors (Lipinski definition) is 2. The summed E-state index contributed by atoms with van der Waals surface area (Å²) in [5.74, 6) is 0.862. The fraction of sp³-hybridized carbons (Fsp3) is 0.294. The molecule has 0 bridgehead atoms. The van der Waals surface area contributed by atoms with E-state index in [2.05, 4.69) is 19.2 Å². The molecule has 1 unspecified atom stereocenters. The third-order valence-electron chi connectivity index (χ3n) is 3.52. The second-order valence-corrected chi connectivity index (χ2v) is 5.77. The van der Waals surface area contributed by atoms with Gasteiger partial charge in [0, 0.05) is 5.69 Å². The van der Waals surface area contributed by atoms with E-state index in [0.717, 1.165) is 29.0 Å². The van der Waals surface area contributed by atoms with Crippen LogP contribution in [0.4, 0.5) is 5.69 Å². The lowest BCUT2D eigenvalue weighted by Crippen LogP contribution is -2.10. The Morgan fingerprint density at radius 2 is 1.86 bits per heavy atom. The predicted octanol–water partition coefficient (Wildman–Crippen LogP) is 5.87. The molecule has 0 fully saturated rings. The highest BCUT2D eigenvalue weighted by atomic mass is 35.5. The van der Waals surface area contributed by atoms with Crippen molar-refractivity contribution in [3.8, 4) is 5.75 Å². The van der Waals surface area contributed by atoms with Crippen LogP contribution in [-0.2, 0) is 0 Å². The van der Waals surface area contributed by atoms with Crippen LogP contribution >= 0.6 is 23.2 Å². The fourth-order valence-corrected chi connectivity index (χ4v) is 2.57. The second-order valence-electron chi connectivity index (χ2n) is 4.96. The smallest absolute Gasteiger partial charge is 0.119 e. The summed E-state index contributed by atoms with van der Waals surface area (Å²) in [6, 6.07) is 12.0. The van der Waals surface area contributed by atoms with Crippen molar-refractivity contribution in [1.29, 1.82) is 0 Å². The Morgan fingerprint density at radius 3 is 2.43 bits per heavy atom. The van der Waals surface area contributed by atoms with Crippen LogP contribution in [0.1, 0.15) is 30.5 Å². The number of anilines is 1. The van der Waals surface area contributed by atoms with Crippen LogP contribution in [0, 0.1) is 6.92 Å². The van der Waals surface area contributed by atoms with Gasteiger partial charge in [-0.3, -0.25) is 0 Å². The molecular weight excluding hydrogens is 305 g/mol. The minimum Gasteiger partial charge on any atom is -0.497 e. The lowest BCUT2D eigenvalue weighted by Gasteiger charge is -2.21. The number of aryl methyl sites for hydroxylation is 1. The standard InChI is InChI=1S/C17H19Cl2NO/c1-4-16(12-5-7-14(18)15(19)10-12)20-17-8-6-13(21-3)9-11(17)2/h5-10,16,20H,4H2,1-3H3. The van der Waals surface area contributed by atoms with Gasteiger partial charge in [-0.05, 0) is 54.8 Å². The fourth-order valence-electron chi connectivity index (χ4n) is 2.26. The molecule has 2 aromatic rings. The number of nitrogens with one attached hydrogen (secondary N) is 1. The quantitative estimate of drug-likeness (QED) is 0.742. The number of rotatable bonds is 5. The van der Waals surface area contributed by atoms with E-state index in [-0.39, 0.29) is 6.04 Å². The SMILES string of the molecule is CCC(Nc1ccc(OC)cc1C)c1ccc(Cl)c(Cl)c1. The topological polar surface area (TPSA) is 21.3 Å². The van der Waals surface area contributed by atoms with Crippen molar-refractivity contribution in [3.05, 3.63) is 57.6 Å². The summed E-state index contributed by atoms with van der Waals surface area (Å²) in [5.41, 5.74) is 3.36. The molecule has 0 spiro atoms. The minimum absolute atomic E-state index is 0.187. The molecule has 0 saturated carbocycles. The van der Waals surface area contributed by atoms with Gasteiger partial charge in [-0.2, -0.15) is 0 Å². The van der Waals surface area contributed by atoms with Gasteiger partial charge in [0.15, 0.2) is 0 Å². The molecular formula is C17H19Cl2NO. The number of methoxy groups -OCH3 is 1. The summed E-state index contributed by atoms with van der Waals surface area (Å²) in [5, 5.41) is 4.72. The summed E-state index contributed by atoms with van der Waals surface area (Å²) in [6.07, 6.45) is 0.948. The molecule has 4 heteroatoms. The van der Waals surface area contributed by atoms with Gasteiger partial charge in [0.25, 0.3) is 0 Å². The summed E-state index contributed by atoms with van der Waals surface area (Å²) in [7, 11) is 1.67. The molecule has 0 amide bonds. The van der Waals surface area contributed by atoms with Crippen molar-refractivity contribution < 1.29 is 4.74 Å². The van der Waals surface area contributed by atoms with E-state index in [1.807, 2.05) is 36.4 Å². The molecule has 2 nitrogen and oxygen atoms in total. The number of hydrogen-bond donors (Lipinski definition) is 1. The molecule has 2 aromatic carbocycles. The van der Waals surface area contributed by atoms with E-state index < -0.39 is 0 Å². The lowest BCUT2D eigenvalue weighted by atomic mass is 10.0. The van der Waals surface area contributed by atoms with Crippen LogP contribution in [-0.4, -0.2) is 7.11 Å². The summed E-state index contributed by atoms with van der Waals surface area (Å²) in [4.78, 5) is 0. The van der Waals surface area contributed by atoms with E-state index in [1.165, 1.54) is 0 Å². The van der Waals surface area contributed by atoms with Crippen LogP contribution < -0.4 is 10.1 Å². The molecule has 112 valence electrons. The summed E-state index contributed by atoms with van der Waals surface area (Å²) in [6.45, 7) is 4.20. The van der Waals surface area contributed by atoms with E-state index in [4.69, 9.17) is 27.9 Å². The Balaban J connectivity index is 2.24. The van der Waals surface area contributed by atoms with Crippen LogP contribution in [0.25, 0.3) is 0 Å². The Labute approximate surface area is 136 Å². The van der Waals surface area contributed by atoms with Crippen molar-refractivity contribution in [2.75, 3.05) is 12.4 Å². The molecule has 0 aliphatic carbocycles. The lowest BCUT2D eigenvalue weighted by molar-refractivity contribution is 0.414. The molecule has 2 rings (SSSR count). The molecule has 0 aromatic heterocycles. The van der Waals surface area contributed by atoms with Crippen LogP contribution in [0.2, 0.25) is 10.0 Å². The van der Waals surface area contributed by atoms with Gasteiger partial charge in [-0.15, -0.1) is 0 Å². The first kappa shape index (κ1) is 16.0. The maximum absolute atomic E-state index is 6.11. The first-order chi connectivity index (χ1) is 10.0. The predicted molar refractivity (Wildman–Crippen MR) is 90.8 cm³/mol. The zero-order chi connectivity index (χ0) is 15.4. The van der Waals surface area contributed by atoms with Crippen LogP contribution in [0.5, 0.6) is 5.75 Å². The zero-order valence-corrected chi connectivity index (χ0v) is 13.9. The van der Waals surface area contributed by atoms with Crippen molar-refractivity contribution in [1.82, 2.24) is 0 Å². The average molecular weight is 324 g/mol. The van der Waals surface area contributed by atoms with Gasteiger partial charge in [0.05, 0.1) is 23.2 Å². The zero-order valence-electron chi connectivity index (χ0n) is 12.4.